The molecule has 23 heavy (non-hydrogen) atoms. The second-order valence-corrected chi connectivity index (χ2v) is 7.17. The summed E-state index contributed by atoms with van der Waals surface area (Å²) in [5.74, 6) is -0.511. The van der Waals surface area contributed by atoms with Gasteiger partial charge in [0.15, 0.2) is 0 Å². The summed E-state index contributed by atoms with van der Waals surface area (Å²) >= 11 is 1.88. The fraction of sp³-hybridized carbons (Fsp3) is 0.846. The first-order valence-electron chi connectivity index (χ1n) is 7.55. The molecule has 2 atom stereocenters. The Labute approximate surface area is 143 Å². The van der Waals surface area contributed by atoms with Crippen molar-refractivity contribution in [3.63, 3.8) is 0 Å². The van der Waals surface area contributed by atoms with Gasteiger partial charge in [0.1, 0.15) is 6.04 Å². The zero-order chi connectivity index (χ0) is 17.1. The number of rotatable bonds is 12. The standard InChI is InChI=1S/C13H21N3O5S2/c17-12(16-8-3-5-11(16)13(18)19)6-2-1-4-10(23-15-21)7-9-22-14-20/h10-11H,1-9H2,(H,18,19)/t10?,11-/m0/s1. The Hall–Kier alpha value is -1.16. The van der Waals surface area contributed by atoms with E-state index in [1.165, 1.54) is 4.90 Å². The first kappa shape index (κ1) is 19.9. The number of unbranched alkanes of at least 4 members (excludes halogenated alkanes) is 1. The zero-order valence-electron chi connectivity index (χ0n) is 12.8. The van der Waals surface area contributed by atoms with E-state index in [1.54, 1.807) is 0 Å². The van der Waals surface area contributed by atoms with Crippen LogP contribution in [-0.4, -0.2) is 45.5 Å². The van der Waals surface area contributed by atoms with E-state index in [-0.39, 0.29) is 11.2 Å². The van der Waals surface area contributed by atoms with Crippen molar-refractivity contribution in [3.05, 3.63) is 9.81 Å². The Bertz CT molecular complexity index is 424. The lowest BCUT2D eigenvalue weighted by atomic mass is 10.1. The smallest absolute Gasteiger partial charge is 0.326 e. The SMILES string of the molecule is O=NSCCC(CCCCC(=O)N1CCC[C@H]1C(=O)O)SN=O. The molecule has 1 saturated heterocycles. The van der Waals surface area contributed by atoms with E-state index in [0.717, 1.165) is 43.2 Å². The van der Waals surface area contributed by atoms with Gasteiger partial charge in [-0.1, -0.05) is 6.42 Å². The van der Waals surface area contributed by atoms with Crippen LogP contribution in [0.25, 0.3) is 0 Å². The van der Waals surface area contributed by atoms with Crippen LogP contribution in [0, 0.1) is 9.81 Å². The first-order valence-corrected chi connectivity index (χ1v) is 9.33. The van der Waals surface area contributed by atoms with Gasteiger partial charge >= 0.3 is 5.97 Å². The Balaban J connectivity index is 2.26. The third-order valence-electron chi connectivity index (χ3n) is 3.80. The molecule has 0 saturated carbocycles. The van der Waals surface area contributed by atoms with Gasteiger partial charge in [-0.15, -0.1) is 9.81 Å². The molecule has 1 N–H and O–H groups in total. The van der Waals surface area contributed by atoms with E-state index in [1.807, 2.05) is 0 Å². The van der Waals surface area contributed by atoms with Crippen LogP contribution in [0.5, 0.6) is 0 Å². The maximum Gasteiger partial charge on any atom is 0.326 e. The number of aliphatic carboxylic acids is 1. The maximum atomic E-state index is 12.1. The van der Waals surface area contributed by atoms with Crippen LogP contribution in [0.15, 0.2) is 9.16 Å². The topological polar surface area (TPSA) is 116 Å². The fourth-order valence-electron chi connectivity index (χ4n) is 2.65. The van der Waals surface area contributed by atoms with Crippen molar-refractivity contribution >= 4 is 35.8 Å². The number of carboxylic acid groups (broad SMARTS) is 1. The molecule has 1 heterocycles. The van der Waals surface area contributed by atoms with Gasteiger partial charge in [-0.05, 0) is 32.1 Å². The van der Waals surface area contributed by atoms with Crippen LogP contribution in [0.1, 0.15) is 44.9 Å². The van der Waals surface area contributed by atoms with Crippen molar-refractivity contribution in [1.29, 1.82) is 0 Å². The molecular formula is C13H21N3O5S2. The summed E-state index contributed by atoms with van der Waals surface area (Å²) in [7, 11) is 0. The molecule has 1 amide bonds. The molecule has 0 aromatic carbocycles. The van der Waals surface area contributed by atoms with Gasteiger partial charge in [-0.3, -0.25) is 4.79 Å². The van der Waals surface area contributed by atoms with Gasteiger partial charge in [0.2, 0.25) is 5.91 Å². The highest BCUT2D eigenvalue weighted by molar-refractivity contribution is 7.99. The number of carbonyl (C=O) groups is 2. The molecule has 8 nitrogen and oxygen atoms in total. The normalized spacial score (nSPS) is 18.6. The van der Waals surface area contributed by atoms with Crippen LogP contribution >= 0.6 is 23.9 Å². The minimum Gasteiger partial charge on any atom is -0.480 e. The molecule has 1 rings (SSSR count). The minimum absolute atomic E-state index is 0.0235. The summed E-state index contributed by atoms with van der Waals surface area (Å²) in [4.78, 5) is 45.0. The van der Waals surface area contributed by atoms with E-state index in [9.17, 15) is 19.4 Å². The highest BCUT2D eigenvalue weighted by Gasteiger charge is 2.33. The van der Waals surface area contributed by atoms with Gasteiger partial charge in [-0.2, -0.15) is 0 Å². The number of carbonyl (C=O) groups excluding carboxylic acids is 1. The van der Waals surface area contributed by atoms with Crippen LogP contribution in [0.2, 0.25) is 0 Å². The monoisotopic (exact) mass is 363 g/mol. The van der Waals surface area contributed by atoms with Gasteiger partial charge in [-0.25, -0.2) is 4.79 Å². The maximum absolute atomic E-state index is 12.1. The molecule has 0 aromatic heterocycles. The summed E-state index contributed by atoms with van der Waals surface area (Å²) in [5.41, 5.74) is 0. The highest BCUT2D eigenvalue weighted by atomic mass is 32.2. The molecule has 0 radical (unpaired) electrons. The molecule has 1 unspecified atom stereocenters. The van der Waals surface area contributed by atoms with Crippen molar-refractivity contribution in [1.82, 2.24) is 4.90 Å². The molecule has 1 aliphatic heterocycles. The van der Waals surface area contributed by atoms with Crippen molar-refractivity contribution in [2.75, 3.05) is 12.3 Å². The van der Waals surface area contributed by atoms with E-state index >= 15 is 0 Å². The minimum atomic E-state index is -0.939. The summed E-state index contributed by atoms with van der Waals surface area (Å²) in [6.07, 6.45) is 4.36. The van der Waals surface area contributed by atoms with Gasteiger partial charge in [0.05, 0.1) is 0 Å². The van der Waals surface area contributed by atoms with E-state index in [2.05, 4.69) is 9.16 Å². The lowest BCUT2D eigenvalue weighted by Crippen LogP contribution is -2.40. The second kappa shape index (κ2) is 11.4. The predicted molar refractivity (Wildman–Crippen MR) is 90.9 cm³/mol. The Kier molecular flexibility index (Phi) is 9.85. The summed E-state index contributed by atoms with van der Waals surface area (Å²) < 4.78 is 5.53. The average molecular weight is 363 g/mol. The number of hydrogen-bond donors (Lipinski definition) is 1. The predicted octanol–water partition coefficient (Wildman–Crippen LogP) is 3.21. The molecular weight excluding hydrogens is 342 g/mol. The molecule has 0 spiro atoms. The largest absolute Gasteiger partial charge is 0.480 e. The number of hydrogen-bond acceptors (Lipinski definition) is 8. The van der Waals surface area contributed by atoms with Crippen LogP contribution in [-0.2, 0) is 9.59 Å². The average Bonchev–Trinajstić information content (AvgIpc) is 3.01. The van der Waals surface area contributed by atoms with Crippen LogP contribution < -0.4 is 0 Å². The van der Waals surface area contributed by atoms with Crippen molar-refractivity contribution in [2.24, 2.45) is 9.16 Å². The van der Waals surface area contributed by atoms with Crippen molar-refractivity contribution in [3.8, 4) is 0 Å². The molecule has 0 aromatic rings. The summed E-state index contributed by atoms with van der Waals surface area (Å²) in [6, 6.07) is -0.682. The second-order valence-electron chi connectivity index (χ2n) is 5.33. The van der Waals surface area contributed by atoms with Gasteiger partial charge in [0.25, 0.3) is 0 Å². The van der Waals surface area contributed by atoms with Gasteiger partial charge in [0, 0.05) is 57.0 Å². The molecule has 130 valence electrons. The molecule has 0 bridgehead atoms. The first-order chi connectivity index (χ1) is 11.1. The molecule has 1 fully saturated rings. The molecule has 0 aliphatic carbocycles. The molecule has 10 heteroatoms. The highest BCUT2D eigenvalue weighted by Crippen LogP contribution is 2.24. The Morgan fingerprint density at radius 1 is 1.22 bits per heavy atom. The number of nitrogens with zero attached hydrogens (tertiary/aromatic N) is 3. The Morgan fingerprint density at radius 3 is 2.65 bits per heavy atom. The fourth-order valence-corrected chi connectivity index (χ4v) is 3.88. The zero-order valence-corrected chi connectivity index (χ0v) is 14.4. The summed E-state index contributed by atoms with van der Waals surface area (Å²) in [5, 5.41) is 9.09. The van der Waals surface area contributed by atoms with E-state index < -0.39 is 12.0 Å². The lowest BCUT2D eigenvalue weighted by molar-refractivity contribution is -0.148. The lowest BCUT2D eigenvalue weighted by Gasteiger charge is -2.21. The third kappa shape index (κ3) is 7.30. The van der Waals surface area contributed by atoms with Crippen LogP contribution in [0.3, 0.4) is 0 Å². The molecule has 1 aliphatic rings. The number of amides is 1. The Morgan fingerprint density at radius 2 is 2.00 bits per heavy atom. The van der Waals surface area contributed by atoms with E-state index in [0.29, 0.717) is 38.0 Å². The number of likely N-dealkylation sites (tertiary alicyclic amines) is 1. The van der Waals surface area contributed by atoms with E-state index in [4.69, 9.17) is 5.11 Å². The third-order valence-corrected chi connectivity index (χ3v) is 5.18. The van der Waals surface area contributed by atoms with Crippen molar-refractivity contribution < 1.29 is 14.7 Å². The van der Waals surface area contributed by atoms with Crippen LogP contribution in [0.4, 0.5) is 0 Å². The quantitative estimate of drug-likeness (QED) is 0.321. The van der Waals surface area contributed by atoms with Crippen molar-refractivity contribution in [2.45, 2.75) is 56.2 Å². The number of nitroso groups, excluding NO2 is 2. The number of carboxylic acids is 1. The van der Waals surface area contributed by atoms with Gasteiger partial charge < -0.3 is 10.0 Å². The summed E-state index contributed by atoms with van der Waals surface area (Å²) in [6.45, 7) is 0.513.